The fourth-order valence-electron chi connectivity index (χ4n) is 0.882. The van der Waals surface area contributed by atoms with Crippen molar-refractivity contribution in [3.8, 4) is 11.5 Å². The molecule has 0 bridgehead atoms. The van der Waals surface area contributed by atoms with E-state index in [0.29, 0.717) is 9.32 Å². The van der Waals surface area contributed by atoms with Crippen LogP contribution < -0.4 is 8.92 Å². The SMILES string of the molecule is COc1cccc(I)c1OS(C)(=O)=O. The monoisotopic (exact) mass is 328 g/mol. The van der Waals surface area contributed by atoms with Gasteiger partial charge in [-0.15, -0.1) is 0 Å². The van der Waals surface area contributed by atoms with Crippen LogP contribution in [0.25, 0.3) is 0 Å². The van der Waals surface area contributed by atoms with Crippen LogP contribution in [0.15, 0.2) is 18.2 Å². The van der Waals surface area contributed by atoms with Crippen LogP contribution in [0, 0.1) is 3.57 Å². The molecule has 0 saturated heterocycles. The minimum atomic E-state index is -3.52. The Kier molecular flexibility index (Phi) is 3.59. The van der Waals surface area contributed by atoms with Crippen molar-refractivity contribution in [2.45, 2.75) is 0 Å². The number of hydrogen-bond donors (Lipinski definition) is 0. The molecule has 1 aromatic carbocycles. The number of rotatable bonds is 3. The van der Waals surface area contributed by atoms with Gasteiger partial charge >= 0.3 is 10.1 Å². The molecular formula is C8H9IO4S. The van der Waals surface area contributed by atoms with Gasteiger partial charge in [0.2, 0.25) is 0 Å². The quantitative estimate of drug-likeness (QED) is 0.625. The zero-order chi connectivity index (χ0) is 10.8. The van der Waals surface area contributed by atoms with Gasteiger partial charge in [-0.2, -0.15) is 8.42 Å². The van der Waals surface area contributed by atoms with Crippen molar-refractivity contribution in [2.24, 2.45) is 0 Å². The molecular weight excluding hydrogens is 319 g/mol. The first-order valence-electron chi connectivity index (χ1n) is 3.66. The topological polar surface area (TPSA) is 52.6 Å². The lowest BCUT2D eigenvalue weighted by atomic mass is 10.3. The Balaban J connectivity index is 3.18. The predicted molar refractivity (Wildman–Crippen MR) is 61.2 cm³/mol. The Bertz CT molecular complexity index is 427. The molecule has 0 fully saturated rings. The third-order valence-corrected chi connectivity index (χ3v) is 2.70. The maximum Gasteiger partial charge on any atom is 0.306 e. The van der Waals surface area contributed by atoms with Crippen LogP contribution >= 0.6 is 22.6 Å². The molecule has 0 aliphatic carbocycles. The number of methoxy groups -OCH3 is 1. The Morgan fingerprint density at radius 1 is 1.36 bits per heavy atom. The Hall–Kier alpha value is -0.500. The molecule has 14 heavy (non-hydrogen) atoms. The Morgan fingerprint density at radius 3 is 2.50 bits per heavy atom. The van der Waals surface area contributed by atoms with Gasteiger partial charge in [0.15, 0.2) is 11.5 Å². The highest BCUT2D eigenvalue weighted by Crippen LogP contribution is 2.32. The molecule has 0 unspecified atom stereocenters. The molecule has 0 saturated carbocycles. The van der Waals surface area contributed by atoms with Crippen molar-refractivity contribution in [1.29, 1.82) is 0 Å². The van der Waals surface area contributed by atoms with Crippen LogP contribution in [0.3, 0.4) is 0 Å². The third-order valence-electron chi connectivity index (χ3n) is 1.39. The second kappa shape index (κ2) is 4.35. The number of para-hydroxylation sites is 1. The second-order valence-corrected chi connectivity index (χ2v) is 5.30. The lowest BCUT2D eigenvalue weighted by Crippen LogP contribution is -2.07. The van der Waals surface area contributed by atoms with Gasteiger partial charge in [-0.3, -0.25) is 0 Å². The number of halogens is 1. The van der Waals surface area contributed by atoms with Gasteiger partial charge in [-0.1, -0.05) is 6.07 Å². The number of hydrogen-bond acceptors (Lipinski definition) is 4. The van der Waals surface area contributed by atoms with Crippen molar-refractivity contribution < 1.29 is 17.3 Å². The molecule has 1 rings (SSSR count). The molecule has 0 N–H and O–H groups in total. The van der Waals surface area contributed by atoms with Crippen LogP contribution in [-0.2, 0) is 10.1 Å². The molecule has 0 spiro atoms. The lowest BCUT2D eigenvalue weighted by Gasteiger charge is -2.09. The molecule has 0 aliphatic rings. The Labute approximate surface area is 96.5 Å². The van der Waals surface area contributed by atoms with E-state index in [9.17, 15) is 8.42 Å². The summed E-state index contributed by atoms with van der Waals surface area (Å²) in [6.45, 7) is 0. The van der Waals surface area contributed by atoms with E-state index in [1.165, 1.54) is 7.11 Å². The van der Waals surface area contributed by atoms with Crippen molar-refractivity contribution in [1.82, 2.24) is 0 Å². The summed E-state index contributed by atoms with van der Waals surface area (Å²) in [5.74, 6) is 0.639. The summed E-state index contributed by atoms with van der Waals surface area (Å²) in [7, 11) is -2.06. The fraction of sp³-hybridized carbons (Fsp3) is 0.250. The van der Waals surface area contributed by atoms with E-state index in [0.717, 1.165) is 6.26 Å². The first kappa shape index (κ1) is 11.6. The zero-order valence-electron chi connectivity index (χ0n) is 7.65. The van der Waals surface area contributed by atoms with Crippen LogP contribution in [0.5, 0.6) is 11.5 Å². The summed E-state index contributed by atoms with van der Waals surface area (Å²) in [5.41, 5.74) is 0. The van der Waals surface area contributed by atoms with E-state index in [1.54, 1.807) is 18.2 Å². The van der Waals surface area contributed by atoms with Crippen molar-refractivity contribution in [3.05, 3.63) is 21.8 Å². The highest BCUT2D eigenvalue weighted by molar-refractivity contribution is 14.1. The van der Waals surface area contributed by atoms with Crippen LogP contribution in [0.1, 0.15) is 0 Å². The van der Waals surface area contributed by atoms with Gasteiger partial charge in [0.05, 0.1) is 16.9 Å². The van der Waals surface area contributed by atoms with Crippen LogP contribution in [0.4, 0.5) is 0 Å². The normalized spacial score (nSPS) is 11.1. The van der Waals surface area contributed by atoms with Gasteiger partial charge in [0.1, 0.15) is 0 Å². The van der Waals surface area contributed by atoms with E-state index in [1.807, 2.05) is 22.6 Å². The van der Waals surface area contributed by atoms with Crippen LogP contribution in [-0.4, -0.2) is 21.8 Å². The first-order valence-corrected chi connectivity index (χ1v) is 6.55. The molecule has 0 radical (unpaired) electrons. The molecule has 0 aromatic heterocycles. The standard InChI is InChI=1S/C8H9IO4S/c1-12-7-5-3-4-6(9)8(7)13-14(2,10)11/h3-5H,1-2H3. The first-order chi connectivity index (χ1) is 6.44. The van der Waals surface area contributed by atoms with Gasteiger partial charge in [0.25, 0.3) is 0 Å². The molecule has 78 valence electrons. The Morgan fingerprint density at radius 2 is 2.00 bits per heavy atom. The maximum absolute atomic E-state index is 10.9. The van der Waals surface area contributed by atoms with Crippen LogP contribution in [0.2, 0.25) is 0 Å². The number of benzene rings is 1. The molecule has 4 nitrogen and oxygen atoms in total. The number of ether oxygens (including phenoxy) is 1. The third kappa shape index (κ3) is 3.02. The minimum Gasteiger partial charge on any atom is -0.493 e. The summed E-state index contributed by atoms with van der Waals surface area (Å²) >= 11 is 1.98. The van der Waals surface area contributed by atoms with Crippen molar-refractivity contribution >= 4 is 32.7 Å². The zero-order valence-corrected chi connectivity index (χ0v) is 10.6. The van der Waals surface area contributed by atoms with Gasteiger partial charge in [-0.25, -0.2) is 0 Å². The van der Waals surface area contributed by atoms with E-state index in [-0.39, 0.29) is 5.75 Å². The molecule has 0 atom stereocenters. The highest BCUT2D eigenvalue weighted by atomic mass is 127. The van der Waals surface area contributed by atoms with Gasteiger partial charge < -0.3 is 8.92 Å². The van der Waals surface area contributed by atoms with Gasteiger partial charge in [-0.05, 0) is 34.7 Å². The summed E-state index contributed by atoms with van der Waals surface area (Å²) in [4.78, 5) is 0. The predicted octanol–water partition coefficient (Wildman–Crippen LogP) is 1.64. The van der Waals surface area contributed by atoms with Gasteiger partial charge in [0, 0.05) is 0 Å². The highest BCUT2D eigenvalue weighted by Gasteiger charge is 2.13. The van der Waals surface area contributed by atoms with E-state index in [2.05, 4.69) is 0 Å². The molecule has 0 aliphatic heterocycles. The molecule has 1 aromatic rings. The summed E-state index contributed by atoms with van der Waals surface area (Å²) < 4.78 is 32.3. The van der Waals surface area contributed by atoms with E-state index >= 15 is 0 Å². The molecule has 0 heterocycles. The smallest absolute Gasteiger partial charge is 0.306 e. The second-order valence-electron chi connectivity index (χ2n) is 2.56. The van der Waals surface area contributed by atoms with E-state index in [4.69, 9.17) is 8.92 Å². The van der Waals surface area contributed by atoms with E-state index < -0.39 is 10.1 Å². The fourth-order valence-corrected chi connectivity index (χ4v) is 2.09. The van der Waals surface area contributed by atoms with Crippen molar-refractivity contribution in [3.63, 3.8) is 0 Å². The molecule has 6 heteroatoms. The largest absolute Gasteiger partial charge is 0.493 e. The maximum atomic E-state index is 10.9. The average molecular weight is 328 g/mol. The lowest BCUT2D eigenvalue weighted by molar-refractivity contribution is 0.390. The molecule has 0 amide bonds. The summed E-state index contributed by atoms with van der Waals surface area (Å²) in [5, 5.41) is 0. The summed E-state index contributed by atoms with van der Waals surface area (Å²) in [6, 6.07) is 5.14. The summed E-state index contributed by atoms with van der Waals surface area (Å²) in [6.07, 6.45) is 0.996. The minimum absolute atomic E-state index is 0.234. The van der Waals surface area contributed by atoms with Crippen molar-refractivity contribution in [2.75, 3.05) is 13.4 Å². The average Bonchev–Trinajstić information content (AvgIpc) is 2.06.